The van der Waals surface area contributed by atoms with Crippen molar-refractivity contribution in [2.24, 2.45) is 11.8 Å². The van der Waals surface area contributed by atoms with E-state index in [1.165, 1.54) is 19.2 Å². The number of nitrogens with zero attached hydrogens (tertiary/aromatic N) is 1. The second-order valence-electron chi connectivity index (χ2n) is 6.38. The van der Waals surface area contributed by atoms with Crippen molar-refractivity contribution in [3.8, 4) is 5.75 Å². The lowest BCUT2D eigenvalue weighted by molar-refractivity contribution is -0.155. The maximum Gasteiger partial charge on any atom is 0.326 e. The predicted octanol–water partition coefficient (Wildman–Crippen LogP) is 0.589. The number of carbonyl (C=O) groups is 3. The molecule has 0 aliphatic carbocycles. The first kappa shape index (κ1) is 16.4. The van der Waals surface area contributed by atoms with Gasteiger partial charge in [0.2, 0.25) is 11.8 Å². The average Bonchev–Trinajstić information content (AvgIpc) is 2.99. The molecule has 4 atom stereocenters. The van der Waals surface area contributed by atoms with Gasteiger partial charge in [-0.05, 0) is 31.5 Å². The number of esters is 1. The van der Waals surface area contributed by atoms with E-state index in [2.05, 4.69) is 5.32 Å². The van der Waals surface area contributed by atoms with Crippen molar-refractivity contribution in [2.45, 2.75) is 25.4 Å². The molecular formula is C17H20N2O5. The van der Waals surface area contributed by atoms with Crippen LogP contribution in [0.4, 0.5) is 0 Å². The number of likely N-dealkylation sites (tertiary alicyclic amines) is 1. The Labute approximate surface area is 139 Å². The van der Waals surface area contributed by atoms with Crippen molar-refractivity contribution in [3.63, 3.8) is 0 Å². The van der Waals surface area contributed by atoms with Crippen LogP contribution < -0.4 is 5.32 Å². The lowest BCUT2D eigenvalue weighted by Gasteiger charge is -2.28. The predicted molar refractivity (Wildman–Crippen MR) is 83.8 cm³/mol. The molecule has 2 aliphatic heterocycles. The van der Waals surface area contributed by atoms with E-state index in [0.717, 1.165) is 10.5 Å². The molecule has 2 amide bonds. The minimum Gasteiger partial charge on any atom is -0.508 e. The highest BCUT2D eigenvalue weighted by atomic mass is 16.5. The lowest BCUT2D eigenvalue weighted by atomic mass is 9.80. The van der Waals surface area contributed by atoms with E-state index in [9.17, 15) is 19.5 Å². The molecule has 7 heteroatoms. The Bertz CT molecular complexity index is 701. The largest absolute Gasteiger partial charge is 0.508 e. The zero-order chi connectivity index (χ0) is 17.6. The van der Waals surface area contributed by atoms with Crippen molar-refractivity contribution in [3.05, 3.63) is 29.8 Å². The highest BCUT2D eigenvalue weighted by Gasteiger charge is 2.66. The highest BCUT2D eigenvalue weighted by molar-refractivity contribution is 6.09. The fraction of sp³-hybridized carbons (Fsp3) is 0.471. The Hall–Kier alpha value is -2.41. The minimum atomic E-state index is -1.28. The quantitative estimate of drug-likeness (QED) is 0.621. The number of amides is 2. The monoisotopic (exact) mass is 332 g/mol. The van der Waals surface area contributed by atoms with Gasteiger partial charge in [-0.3, -0.25) is 24.6 Å². The Kier molecular flexibility index (Phi) is 3.83. The van der Waals surface area contributed by atoms with Crippen LogP contribution >= 0.6 is 0 Å². The summed E-state index contributed by atoms with van der Waals surface area (Å²) in [5.41, 5.74) is -0.548. The minimum absolute atomic E-state index is 0.104. The molecule has 2 N–H and O–H groups in total. The molecule has 0 aromatic heterocycles. The van der Waals surface area contributed by atoms with Crippen molar-refractivity contribution in [1.82, 2.24) is 10.2 Å². The molecule has 3 rings (SSSR count). The first-order chi connectivity index (χ1) is 11.3. The number of ether oxygens (including phenoxy) is 1. The Morgan fingerprint density at radius 2 is 1.92 bits per heavy atom. The summed E-state index contributed by atoms with van der Waals surface area (Å²) in [5.74, 6) is -2.63. The first-order valence-corrected chi connectivity index (χ1v) is 7.86. The molecule has 2 fully saturated rings. The van der Waals surface area contributed by atoms with Gasteiger partial charge >= 0.3 is 5.97 Å². The second-order valence-corrected chi connectivity index (χ2v) is 6.38. The number of nitrogens with one attached hydrogen (secondary N) is 1. The van der Waals surface area contributed by atoms with E-state index < -0.39 is 29.4 Å². The van der Waals surface area contributed by atoms with Gasteiger partial charge < -0.3 is 9.84 Å². The van der Waals surface area contributed by atoms with Crippen LogP contribution in [0.2, 0.25) is 0 Å². The normalized spacial score (nSPS) is 32.1. The van der Waals surface area contributed by atoms with E-state index >= 15 is 0 Å². The van der Waals surface area contributed by atoms with Crippen molar-refractivity contribution >= 4 is 17.8 Å². The van der Waals surface area contributed by atoms with Crippen LogP contribution in [0.5, 0.6) is 5.75 Å². The fourth-order valence-electron chi connectivity index (χ4n) is 3.72. The Balaban J connectivity index is 2.06. The van der Waals surface area contributed by atoms with Gasteiger partial charge in [-0.15, -0.1) is 0 Å². The molecule has 0 saturated carbocycles. The third kappa shape index (κ3) is 2.19. The number of phenolic OH excluding ortho intramolecular Hbond substituents is 1. The van der Waals surface area contributed by atoms with Gasteiger partial charge in [0.1, 0.15) is 11.3 Å². The molecule has 128 valence electrons. The molecule has 2 heterocycles. The van der Waals surface area contributed by atoms with Crippen LogP contribution in [0.25, 0.3) is 0 Å². The third-order valence-electron chi connectivity index (χ3n) is 4.96. The number of hydrogen-bond acceptors (Lipinski definition) is 6. The number of benzene rings is 1. The topological polar surface area (TPSA) is 95.9 Å². The number of phenols is 1. The summed E-state index contributed by atoms with van der Waals surface area (Å²) in [6.07, 6.45) is 0. The number of aromatic hydroxyl groups is 1. The molecule has 2 aliphatic rings. The third-order valence-corrected chi connectivity index (χ3v) is 4.96. The standard InChI is InChI=1S/C17H20N2O5/c1-4-24-16(23)17(2)12-11(14(21)19(3)15(12)22)13(18-17)9-5-7-10(20)8-6-9/h5-8,11-13,18,20H,4H2,1-3H3/t11-,12+,13+,17+/m0/s1. The summed E-state index contributed by atoms with van der Waals surface area (Å²) in [6.45, 7) is 3.49. The van der Waals surface area contributed by atoms with E-state index in [1.807, 2.05) is 0 Å². The SMILES string of the molecule is CCOC(=O)[C@]1(C)N[C@H](c2ccc(O)cc2)[C@H]2C(=O)N(C)C(=O)[C@@H]21. The van der Waals surface area contributed by atoms with Gasteiger partial charge in [0.05, 0.1) is 18.4 Å². The molecule has 1 aromatic rings. The highest BCUT2D eigenvalue weighted by Crippen LogP contribution is 2.48. The summed E-state index contributed by atoms with van der Waals surface area (Å²) < 4.78 is 5.14. The number of carbonyl (C=O) groups excluding carboxylic acids is 3. The molecule has 24 heavy (non-hydrogen) atoms. The van der Waals surface area contributed by atoms with Crippen LogP contribution in [0, 0.1) is 11.8 Å². The summed E-state index contributed by atoms with van der Waals surface area (Å²) >= 11 is 0. The zero-order valence-electron chi connectivity index (χ0n) is 13.8. The van der Waals surface area contributed by atoms with Gasteiger partial charge in [0.25, 0.3) is 0 Å². The van der Waals surface area contributed by atoms with E-state index in [1.54, 1.807) is 26.0 Å². The molecular weight excluding hydrogens is 312 g/mol. The smallest absolute Gasteiger partial charge is 0.326 e. The summed E-state index contributed by atoms with van der Waals surface area (Å²) in [5, 5.41) is 12.6. The van der Waals surface area contributed by atoms with Gasteiger partial charge in [0, 0.05) is 13.1 Å². The lowest BCUT2D eigenvalue weighted by Crippen LogP contribution is -2.53. The number of imide groups is 1. The first-order valence-electron chi connectivity index (χ1n) is 7.86. The summed E-state index contributed by atoms with van der Waals surface area (Å²) in [7, 11) is 1.43. The molecule has 1 aromatic carbocycles. The number of rotatable bonds is 3. The summed E-state index contributed by atoms with van der Waals surface area (Å²) in [6, 6.07) is 5.87. The molecule has 0 unspecified atom stereocenters. The van der Waals surface area contributed by atoms with Crippen LogP contribution in [0.3, 0.4) is 0 Å². The zero-order valence-corrected chi connectivity index (χ0v) is 13.8. The molecule has 0 bridgehead atoms. The van der Waals surface area contributed by atoms with Crippen molar-refractivity contribution < 1.29 is 24.2 Å². The molecule has 7 nitrogen and oxygen atoms in total. The van der Waals surface area contributed by atoms with Gasteiger partial charge in [-0.2, -0.15) is 0 Å². The van der Waals surface area contributed by atoms with Gasteiger partial charge in [-0.1, -0.05) is 12.1 Å². The van der Waals surface area contributed by atoms with Gasteiger partial charge in [-0.25, -0.2) is 0 Å². The number of fused-ring (bicyclic) bond motifs is 1. The summed E-state index contributed by atoms with van der Waals surface area (Å²) in [4.78, 5) is 38.7. The Morgan fingerprint density at radius 1 is 1.29 bits per heavy atom. The molecule has 0 spiro atoms. The number of hydrogen-bond donors (Lipinski definition) is 2. The van der Waals surface area contributed by atoms with Crippen LogP contribution in [-0.2, 0) is 19.1 Å². The van der Waals surface area contributed by atoms with Crippen LogP contribution in [0.15, 0.2) is 24.3 Å². The van der Waals surface area contributed by atoms with Crippen LogP contribution in [0.1, 0.15) is 25.5 Å². The maximum absolute atomic E-state index is 12.6. The van der Waals surface area contributed by atoms with Crippen molar-refractivity contribution in [2.75, 3.05) is 13.7 Å². The average molecular weight is 332 g/mol. The second kappa shape index (κ2) is 5.59. The fourth-order valence-corrected chi connectivity index (χ4v) is 3.72. The van der Waals surface area contributed by atoms with E-state index in [0.29, 0.717) is 0 Å². The molecule has 0 radical (unpaired) electrons. The van der Waals surface area contributed by atoms with E-state index in [4.69, 9.17) is 4.74 Å². The van der Waals surface area contributed by atoms with Crippen LogP contribution in [-0.4, -0.2) is 47.0 Å². The van der Waals surface area contributed by atoms with Crippen molar-refractivity contribution in [1.29, 1.82) is 0 Å². The Morgan fingerprint density at radius 3 is 2.50 bits per heavy atom. The maximum atomic E-state index is 12.6. The van der Waals surface area contributed by atoms with Gasteiger partial charge in [0.15, 0.2) is 0 Å². The van der Waals surface area contributed by atoms with E-state index in [-0.39, 0.29) is 24.2 Å². The molecule has 2 saturated heterocycles.